The Balaban J connectivity index is 1.35. The van der Waals surface area contributed by atoms with Crippen LogP contribution in [0.25, 0.3) is 34.3 Å². The number of nitrogens with two attached hydrogens (primary N) is 1. The lowest BCUT2D eigenvalue weighted by Gasteiger charge is -2.26. The fourth-order valence-electron chi connectivity index (χ4n) is 3.85. The lowest BCUT2D eigenvalue weighted by atomic mass is 10.1. The van der Waals surface area contributed by atoms with Gasteiger partial charge in [0.1, 0.15) is 0 Å². The zero-order valence-electron chi connectivity index (χ0n) is 17.2. The molecule has 3 N–H and O–H groups in total. The third-order valence-corrected chi connectivity index (χ3v) is 5.46. The summed E-state index contributed by atoms with van der Waals surface area (Å²) in [6.45, 7) is 4.56. The molecule has 1 saturated heterocycles. The highest BCUT2D eigenvalue weighted by molar-refractivity contribution is 5.91. The minimum Gasteiger partial charge on any atom is -0.379 e. The van der Waals surface area contributed by atoms with Crippen molar-refractivity contribution in [3.8, 4) is 11.3 Å². The highest BCUT2D eigenvalue weighted by atomic mass is 16.5. The van der Waals surface area contributed by atoms with Crippen molar-refractivity contribution in [3.05, 3.63) is 71.5 Å². The highest BCUT2D eigenvalue weighted by Gasteiger charge is 2.11. The van der Waals surface area contributed by atoms with Crippen LogP contribution in [0.1, 0.15) is 16.8 Å². The Morgan fingerprint density at radius 2 is 1.97 bits per heavy atom. The molecule has 0 unspecified atom stereocenters. The van der Waals surface area contributed by atoms with Crippen molar-refractivity contribution in [2.24, 2.45) is 0 Å². The van der Waals surface area contributed by atoms with Crippen molar-refractivity contribution in [2.45, 2.75) is 6.54 Å². The molecule has 0 radical (unpaired) electrons. The SMILES string of the molecule is Nc1nccc(-c2ccc3c(C=Cc4cccc(CN5CCOCC5)c4)n[nH]c3c2)n1. The summed E-state index contributed by atoms with van der Waals surface area (Å²) in [5, 5.41) is 8.67. The Kier molecular flexibility index (Phi) is 5.43. The second-order valence-corrected chi connectivity index (χ2v) is 7.64. The van der Waals surface area contributed by atoms with E-state index in [9.17, 15) is 0 Å². The van der Waals surface area contributed by atoms with E-state index in [1.165, 1.54) is 5.56 Å². The summed E-state index contributed by atoms with van der Waals surface area (Å²) in [5.74, 6) is 0.265. The predicted molar refractivity (Wildman–Crippen MR) is 123 cm³/mol. The van der Waals surface area contributed by atoms with E-state index in [0.29, 0.717) is 0 Å². The van der Waals surface area contributed by atoms with Crippen molar-refractivity contribution in [2.75, 3.05) is 32.0 Å². The molecule has 2 aromatic carbocycles. The van der Waals surface area contributed by atoms with E-state index in [1.54, 1.807) is 6.20 Å². The summed E-state index contributed by atoms with van der Waals surface area (Å²) in [5.41, 5.74) is 11.8. The summed E-state index contributed by atoms with van der Waals surface area (Å²) in [7, 11) is 0. The largest absolute Gasteiger partial charge is 0.379 e. The van der Waals surface area contributed by atoms with E-state index >= 15 is 0 Å². The first-order valence-corrected chi connectivity index (χ1v) is 10.4. The number of nitrogens with one attached hydrogen (secondary N) is 1. The average Bonchev–Trinajstić information content (AvgIpc) is 3.21. The predicted octanol–water partition coefficient (Wildman–Crippen LogP) is 3.60. The average molecular weight is 412 g/mol. The van der Waals surface area contributed by atoms with Crippen LogP contribution in [0, 0.1) is 0 Å². The van der Waals surface area contributed by atoms with Crippen molar-refractivity contribution >= 4 is 29.0 Å². The zero-order valence-corrected chi connectivity index (χ0v) is 17.2. The number of nitrogens with zero attached hydrogens (tertiary/aromatic N) is 4. The molecule has 0 spiro atoms. The zero-order chi connectivity index (χ0) is 21.0. The Morgan fingerprint density at radius 3 is 2.84 bits per heavy atom. The van der Waals surface area contributed by atoms with Crippen molar-refractivity contribution < 1.29 is 4.74 Å². The maximum atomic E-state index is 5.71. The number of aromatic amines is 1. The summed E-state index contributed by atoms with van der Waals surface area (Å²) in [6, 6.07) is 16.6. The van der Waals surface area contributed by atoms with Gasteiger partial charge in [-0.15, -0.1) is 0 Å². The normalized spacial score (nSPS) is 15.1. The van der Waals surface area contributed by atoms with Gasteiger partial charge in [-0.2, -0.15) is 5.10 Å². The molecule has 0 aliphatic carbocycles. The van der Waals surface area contributed by atoms with Gasteiger partial charge in [0.25, 0.3) is 0 Å². The second-order valence-electron chi connectivity index (χ2n) is 7.64. The van der Waals surface area contributed by atoms with Gasteiger partial charge < -0.3 is 10.5 Å². The molecule has 5 rings (SSSR count). The molecular formula is C24H24N6O. The number of rotatable bonds is 5. The number of hydrogen-bond donors (Lipinski definition) is 2. The molecule has 7 heteroatoms. The number of H-pyrrole nitrogens is 1. The summed E-state index contributed by atoms with van der Waals surface area (Å²) < 4.78 is 5.44. The minimum atomic E-state index is 0.265. The summed E-state index contributed by atoms with van der Waals surface area (Å²) in [4.78, 5) is 10.7. The molecule has 7 nitrogen and oxygen atoms in total. The Labute approximate surface area is 180 Å². The van der Waals surface area contributed by atoms with Crippen molar-refractivity contribution in [1.82, 2.24) is 25.1 Å². The Morgan fingerprint density at radius 1 is 1.06 bits per heavy atom. The first-order valence-electron chi connectivity index (χ1n) is 10.4. The smallest absolute Gasteiger partial charge is 0.220 e. The molecule has 1 aliphatic heterocycles. The lowest BCUT2D eigenvalue weighted by molar-refractivity contribution is 0.0342. The van der Waals surface area contributed by atoms with E-state index in [0.717, 1.165) is 66.3 Å². The van der Waals surface area contributed by atoms with Crippen LogP contribution in [0.15, 0.2) is 54.7 Å². The van der Waals surface area contributed by atoms with Gasteiger partial charge in [-0.05, 0) is 35.4 Å². The van der Waals surface area contributed by atoms with E-state index in [-0.39, 0.29) is 5.95 Å². The Hall–Kier alpha value is -3.55. The van der Waals surface area contributed by atoms with Crippen molar-refractivity contribution in [3.63, 3.8) is 0 Å². The topological polar surface area (TPSA) is 93.0 Å². The summed E-state index contributed by atoms with van der Waals surface area (Å²) >= 11 is 0. The van der Waals surface area contributed by atoms with Crippen LogP contribution in [-0.2, 0) is 11.3 Å². The number of nitrogen functional groups attached to an aromatic ring is 1. The molecular weight excluding hydrogens is 388 g/mol. The monoisotopic (exact) mass is 412 g/mol. The molecule has 4 aromatic rings. The number of ether oxygens (including phenoxy) is 1. The number of aromatic nitrogens is 4. The minimum absolute atomic E-state index is 0.265. The number of anilines is 1. The third kappa shape index (κ3) is 4.47. The van der Waals surface area contributed by atoms with Crippen LogP contribution in [0.4, 0.5) is 5.95 Å². The first kappa shape index (κ1) is 19.4. The van der Waals surface area contributed by atoms with Gasteiger partial charge in [-0.25, -0.2) is 9.97 Å². The maximum absolute atomic E-state index is 5.71. The molecule has 0 bridgehead atoms. The van der Waals surface area contributed by atoms with Crippen molar-refractivity contribution in [1.29, 1.82) is 0 Å². The molecule has 0 amide bonds. The van der Waals surface area contributed by atoms with Gasteiger partial charge in [0.05, 0.1) is 30.1 Å². The number of benzene rings is 2. The third-order valence-electron chi connectivity index (χ3n) is 5.46. The fraction of sp³-hybridized carbons (Fsp3) is 0.208. The second kappa shape index (κ2) is 8.67. The van der Waals surface area contributed by atoms with Gasteiger partial charge in [-0.3, -0.25) is 10.00 Å². The lowest BCUT2D eigenvalue weighted by Crippen LogP contribution is -2.35. The standard InChI is InChI=1S/C24H24N6O/c25-24-26-9-8-21(27-24)19-5-6-20-22(28-29-23(20)15-19)7-4-17-2-1-3-18(14-17)16-30-10-12-31-13-11-30/h1-9,14-15H,10-13,16H2,(H,28,29)(H2,25,26,27). The molecule has 3 heterocycles. The maximum Gasteiger partial charge on any atom is 0.220 e. The highest BCUT2D eigenvalue weighted by Crippen LogP contribution is 2.25. The first-order chi connectivity index (χ1) is 15.2. The molecule has 0 atom stereocenters. The number of hydrogen-bond acceptors (Lipinski definition) is 6. The van der Waals surface area contributed by atoms with Gasteiger partial charge in [-0.1, -0.05) is 36.4 Å². The van der Waals surface area contributed by atoms with E-state index in [1.807, 2.05) is 18.2 Å². The molecule has 156 valence electrons. The van der Waals surface area contributed by atoms with Gasteiger partial charge >= 0.3 is 0 Å². The molecule has 1 fully saturated rings. The molecule has 0 saturated carbocycles. The van der Waals surface area contributed by atoms with E-state index in [4.69, 9.17) is 10.5 Å². The van der Waals surface area contributed by atoms with E-state index < -0.39 is 0 Å². The van der Waals surface area contributed by atoms with Crippen LogP contribution in [0.5, 0.6) is 0 Å². The van der Waals surface area contributed by atoms with Gasteiger partial charge in [0.15, 0.2) is 0 Å². The van der Waals surface area contributed by atoms with Gasteiger partial charge in [0, 0.05) is 36.8 Å². The quantitative estimate of drug-likeness (QED) is 0.520. The number of fused-ring (bicyclic) bond motifs is 1. The Bertz CT molecular complexity index is 1230. The fourth-order valence-corrected chi connectivity index (χ4v) is 3.85. The van der Waals surface area contributed by atoms with Crippen LogP contribution in [-0.4, -0.2) is 51.4 Å². The van der Waals surface area contributed by atoms with Crippen LogP contribution in [0.2, 0.25) is 0 Å². The molecule has 1 aliphatic rings. The summed E-state index contributed by atoms with van der Waals surface area (Å²) in [6.07, 6.45) is 5.82. The van der Waals surface area contributed by atoms with E-state index in [2.05, 4.69) is 67.5 Å². The number of morpholine rings is 1. The van der Waals surface area contributed by atoms with Crippen LogP contribution < -0.4 is 5.73 Å². The molecule has 31 heavy (non-hydrogen) atoms. The van der Waals surface area contributed by atoms with Crippen LogP contribution >= 0.6 is 0 Å². The molecule has 2 aromatic heterocycles. The van der Waals surface area contributed by atoms with Gasteiger partial charge in [0.2, 0.25) is 5.95 Å². The van der Waals surface area contributed by atoms with Crippen LogP contribution in [0.3, 0.4) is 0 Å².